The molecule has 0 saturated heterocycles. The van der Waals surface area contributed by atoms with E-state index >= 15 is 0 Å². The van der Waals surface area contributed by atoms with E-state index in [1.807, 2.05) is 12.1 Å². The summed E-state index contributed by atoms with van der Waals surface area (Å²) >= 11 is 0. The van der Waals surface area contributed by atoms with Gasteiger partial charge in [-0.15, -0.1) is 0 Å². The molecule has 0 radical (unpaired) electrons. The number of para-hydroxylation sites is 4. The fraction of sp³-hybridized carbons (Fsp3) is 0. The fourth-order valence-electron chi connectivity index (χ4n) is 11.1. The minimum atomic E-state index is 0.797. The van der Waals surface area contributed by atoms with Gasteiger partial charge in [-0.25, -0.2) is 0 Å². The number of hydrogen-bond donors (Lipinski definition) is 0. The molecular formula is C60H32N2O4. The van der Waals surface area contributed by atoms with Gasteiger partial charge in [0.05, 0.1) is 22.1 Å². The zero-order valence-corrected chi connectivity index (χ0v) is 35.0. The van der Waals surface area contributed by atoms with Crippen molar-refractivity contribution < 1.29 is 17.7 Å². The first-order chi connectivity index (χ1) is 32.7. The Morgan fingerprint density at radius 2 is 0.500 bits per heavy atom. The third-order valence-corrected chi connectivity index (χ3v) is 14.1. The van der Waals surface area contributed by atoms with Crippen LogP contribution in [0.2, 0.25) is 0 Å². The highest BCUT2D eigenvalue weighted by molar-refractivity contribution is 6.19. The van der Waals surface area contributed by atoms with Crippen LogP contribution in [0.1, 0.15) is 0 Å². The van der Waals surface area contributed by atoms with Gasteiger partial charge < -0.3 is 26.8 Å². The van der Waals surface area contributed by atoms with Gasteiger partial charge in [0.2, 0.25) is 0 Å². The van der Waals surface area contributed by atoms with E-state index in [1.54, 1.807) is 0 Å². The van der Waals surface area contributed by atoms with Gasteiger partial charge in [-0.05, 0) is 108 Å². The molecule has 0 aliphatic carbocycles. The van der Waals surface area contributed by atoms with Crippen molar-refractivity contribution in [1.29, 1.82) is 0 Å². The first-order valence-corrected chi connectivity index (χ1v) is 22.3. The molecule has 0 N–H and O–H groups in total. The lowest BCUT2D eigenvalue weighted by molar-refractivity contribution is 0.655. The summed E-state index contributed by atoms with van der Waals surface area (Å²) in [6.45, 7) is 0. The van der Waals surface area contributed by atoms with Crippen LogP contribution in [0.5, 0.6) is 0 Å². The highest BCUT2D eigenvalue weighted by Gasteiger charge is 2.20. The van der Waals surface area contributed by atoms with Crippen molar-refractivity contribution in [3.8, 4) is 22.5 Å². The first-order valence-electron chi connectivity index (χ1n) is 22.3. The van der Waals surface area contributed by atoms with Crippen molar-refractivity contribution in [2.24, 2.45) is 0 Å². The van der Waals surface area contributed by atoms with Gasteiger partial charge in [0.1, 0.15) is 44.7 Å². The number of nitrogens with zero attached hydrogens (tertiary/aromatic N) is 2. The quantitative estimate of drug-likeness (QED) is 0.178. The van der Waals surface area contributed by atoms with Crippen molar-refractivity contribution in [1.82, 2.24) is 9.13 Å². The van der Waals surface area contributed by atoms with Crippen LogP contribution in [0.25, 0.3) is 154 Å². The molecule has 0 aliphatic rings. The number of fused-ring (bicyclic) bond motifs is 18. The molecule has 0 amide bonds. The van der Waals surface area contributed by atoms with Crippen LogP contribution in [0.3, 0.4) is 0 Å². The van der Waals surface area contributed by atoms with Crippen molar-refractivity contribution in [3.63, 3.8) is 0 Å². The standard InChI is InChI=1S/C60H32N2O4/c1-5-13-49-37(9-1)38-10-2-6-14-50(38)61(49)35-19-23-55-43(27-35)47-29-45-41-25-33(17-21-53(41)63-57(45)31-59(47)65-55)34-18-22-54-42(26-34)46-30-48-44-28-36(20-24-56(44)66-60(48)32-58(46)64-54)62-51-15-7-3-11-39(51)40-12-4-8-16-52(40)62/h1-32H. The van der Waals surface area contributed by atoms with E-state index in [2.05, 4.69) is 191 Å². The monoisotopic (exact) mass is 844 g/mol. The van der Waals surface area contributed by atoms with Crippen LogP contribution in [0, 0.1) is 0 Å². The second-order valence-electron chi connectivity index (χ2n) is 17.6. The molecular weight excluding hydrogens is 813 g/mol. The van der Waals surface area contributed by atoms with Gasteiger partial charge in [-0.3, -0.25) is 0 Å². The average Bonchev–Trinajstić information content (AvgIpc) is 4.21. The molecule has 10 aromatic carbocycles. The lowest BCUT2D eigenvalue weighted by Gasteiger charge is -2.08. The SMILES string of the molecule is c1ccc2c(c1)c1ccccc1n2-c1ccc2oc3cc4oc5ccc(-c6ccc7oc8cc9oc%10ccc(-n%11c%12ccccc%12c%12ccccc%12%11)cc%10c9cc8c7c6)cc5c4cc3c2c1. The van der Waals surface area contributed by atoms with E-state index in [0.29, 0.717) is 0 Å². The Bertz CT molecular complexity index is 4360. The molecule has 0 atom stereocenters. The van der Waals surface area contributed by atoms with Crippen molar-refractivity contribution in [3.05, 3.63) is 194 Å². The van der Waals surface area contributed by atoms with Crippen molar-refractivity contribution >= 4 is 131 Å². The van der Waals surface area contributed by atoms with Crippen molar-refractivity contribution in [2.75, 3.05) is 0 Å². The molecule has 16 rings (SSSR count). The summed E-state index contributed by atoms with van der Waals surface area (Å²) in [4.78, 5) is 0. The van der Waals surface area contributed by atoms with Crippen LogP contribution in [-0.4, -0.2) is 9.13 Å². The first kappa shape index (κ1) is 34.5. The van der Waals surface area contributed by atoms with Crippen LogP contribution in [0.4, 0.5) is 0 Å². The van der Waals surface area contributed by atoms with E-state index < -0.39 is 0 Å². The van der Waals surface area contributed by atoms with E-state index in [9.17, 15) is 0 Å². The van der Waals surface area contributed by atoms with Crippen LogP contribution in [-0.2, 0) is 0 Å². The molecule has 6 nitrogen and oxygen atoms in total. The minimum absolute atomic E-state index is 0.797. The zero-order chi connectivity index (χ0) is 42.8. The predicted molar refractivity (Wildman–Crippen MR) is 270 cm³/mol. The molecule has 0 saturated carbocycles. The second kappa shape index (κ2) is 12.4. The number of aromatic nitrogens is 2. The number of hydrogen-bond acceptors (Lipinski definition) is 4. The molecule has 0 spiro atoms. The Kier molecular flexibility index (Phi) is 6.47. The second-order valence-corrected chi connectivity index (χ2v) is 17.6. The lowest BCUT2D eigenvalue weighted by Crippen LogP contribution is -1.93. The van der Waals surface area contributed by atoms with E-state index in [0.717, 1.165) is 110 Å². The van der Waals surface area contributed by atoms with E-state index in [1.165, 1.54) is 43.6 Å². The van der Waals surface area contributed by atoms with E-state index in [-0.39, 0.29) is 0 Å². The fourth-order valence-corrected chi connectivity index (χ4v) is 11.1. The Hall–Kier alpha value is -9.00. The molecule has 0 bridgehead atoms. The number of rotatable bonds is 3. The molecule has 306 valence electrons. The lowest BCUT2D eigenvalue weighted by atomic mass is 10.00. The summed E-state index contributed by atoms with van der Waals surface area (Å²) in [5.74, 6) is 0. The van der Waals surface area contributed by atoms with Crippen LogP contribution < -0.4 is 0 Å². The summed E-state index contributed by atoms with van der Waals surface area (Å²) in [7, 11) is 0. The Labute approximate surface area is 373 Å². The maximum Gasteiger partial charge on any atom is 0.139 e. The Morgan fingerprint density at radius 3 is 0.848 bits per heavy atom. The predicted octanol–water partition coefficient (Wildman–Crippen LogP) is 17.1. The zero-order valence-electron chi connectivity index (χ0n) is 35.0. The topological polar surface area (TPSA) is 62.4 Å². The Balaban J connectivity index is 0.829. The van der Waals surface area contributed by atoms with Gasteiger partial charge in [-0.2, -0.15) is 0 Å². The van der Waals surface area contributed by atoms with Gasteiger partial charge >= 0.3 is 0 Å². The van der Waals surface area contributed by atoms with Gasteiger partial charge in [0.15, 0.2) is 0 Å². The molecule has 0 fully saturated rings. The average molecular weight is 845 g/mol. The summed E-state index contributed by atoms with van der Waals surface area (Å²) in [5, 5.41) is 13.4. The maximum absolute atomic E-state index is 6.49. The largest absolute Gasteiger partial charge is 0.456 e. The normalized spacial score (nSPS) is 12.5. The third kappa shape index (κ3) is 4.59. The number of benzene rings is 10. The minimum Gasteiger partial charge on any atom is -0.456 e. The highest BCUT2D eigenvalue weighted by Crippen LogP contribution is 2.43. The Morgan fingerprint density at radius 1 is 0.212 bits per heavy atom. The van der Waals surface area contributed by atoms with Crippen LogP contribution in [0.15, 0.2) is 212 Å². The van der Waals surface area contributed by atoms with Gasteiger partial charge in [0, 0.05) is 88.1 Å². The summed E-state index contributed by atoms with van der Waals surface area (Å²) in [5.41, 5.74) is 15.6. The summed E-state index contributed by atoms with van der Waals surface area (Å²) < 4.78 is 30.7. The van der Waals surface area contributed by atoms with Gasteiger partial charge in [0.25, 0.3) is 0 Å². The molecule has 66 heavy (non-hydrogen) atoms. The molecule has 0 unspecified atom stereocenters. The maximum atomic E-state index is 6.49. The highest BCUT2D eigenvalue weighted by atomic mass is 16.3. The van der Waals surface area contributed by atoms with E-state index in [4.69, 9.17) is 17.7 Å². The molecule has 0 aliphatic heterocycles. The molecule has 6 aromatic heterocycles. The summed E-state index contributed by atoms with van der Waals surface area (Å²) in [6, 6.07) is 69.0. The third-order valence-electron chi connectivity index (χ3n) is 14.1. The smallest absolute Gasteiger partial charge is 0.139 e. The van der Waals surface area contributed by atoms with Crippen molar-refractivity contribution in [2.45, 2.75) is 0 Å². The summed E-state index contributed by atoms with van der Waals surface area (Å²) in [6.07, 6.45) is 0. The molecule has 16 aromatic rings. The molecule has 6 heteroatoms. The van der Waals surface area contributed by atoms with Gasteiger partial charge in [-0.1, -0.05) is 84.9 Å². The number of furan rings is 4. The molecule has 6 heterocycles. The van der Waals surface area contributed by atoms with Crippen LogP contribution >= 0.6 is 0 Å².